The van der Waals surface area contributed by atoms with Gasteiger partial charge in [0, 0.05) is 31.2 Å². The minimum atomic E-state index is 0.284. The van der Waals surface area contributed by atoms with Crippen LogP contribution in [-0.2, 0) is 7.05 Å². The van der Waals surface area contributed by atoms with Crippen LogP contribution in [0.15, 0.2) is 28.9 Å². The minimum Gasteiger partial charge on any atom is -0.463 e. The molecule has 3 fully saturated rings. The molecule has 0 amide bonds. The SMILES string of the molecule is Cn1nc(-c2ccco2)cc1C1CN2CCC1CC2CO. The molecule has 0 radical (unpaired) electrons. The number of hydrogen-bond acceptors (Lipinski definition) is 4. The van der Waals surface area contributed by atoms with E-state index in [9.17, 15) is 5.11 Å². The van der Waals surface area contributed by atoms with Gasteiger partial charge >= 0.3 is 0 Å². The Hall–Kier alpha value is -1.59. The van der Waals surface area contributed by atoms with Crippen LogP contribution < -0.4 is 0 Å². The second-order valence-electron chi connectivity index (χ2n) is 6.28. The summed E-state index contributed by atoms with van der Waals surface area (Å²) in [5.74, 6) is 2.00. The maximum atomic E-state index is 9.48. The zero-order chi connectivity index (χ0) is 14.4. The Labute approximate surface area is 124 Å². The third kappa shape index (κ3) is 2.12. The van der Waals surface area contributed by atoms with Gasteiger partial charge < -0.3 is 9.52 Å². The summed E-state index contributed by atoms with van der Waals surface area (Å²) >= 11 is 0. The average molecular weight is 287 g/mol. The largest absolute Gasteiger partial charge is 0.463 e. The van der Waals surface area contributed by atoms with Gasteiger partial charge in [0.15, 0.2) is 5.76 Å². The molecular weight excluding hydrogens is 266 g/mol. The molecule has 5 heterocycles. The van der Waals surface area contributed by atoms with Crippen LogP contribution in [-0.4, -0.2) is 45.5 Å². The molecule has 2 aromatic heterocycles. The van der Waals surface area contributed by atoms with Gasteiger partial charge in [-0.05, 0) is 43.5 Å². The number of piperidine rings is 3. The normalized spacial score (nSPS) is 31.7. The maximum absolute atomic E-state index is 9.48. The number of furan rings is 1. The summed E-state index contributed by atoms with van der Waals surface area (Å²) < 4.78 is 7.45. The molecule has 4 unspecified atom stereocenters. The number of aliphatic hydroxyl groups is 1. The second kappa shape index (κ2) is 5.00. The zero-order valence-corrected chi connectivity index (χ0v) is 12.3. The van der Waals surface area contributed by atoms with E-state index in [2.05, 4.69) is 16.1 Å². The molecule has 5 rings (SSSR count). The third-order valence-corrected chi connectivity index (χ3v) is 5.16. The number of hydrogen-bond donors (Lipinski definition) is 1. The first-order valence-electron chi connectivity index (χ1n) is 7.69. The molecule has 4 atom stereocenters. The molecule has 3 saturated heterocycles. The lowest BCUT2D eigenvalue weighted by Crippen LogP contribution is -2.53. The highest BCUT2D eigenvalue weighted by atomic mass is 16.3. The number of rotatable bonds is 3. The van der Waals surface area contributed by atoms with E-state index in [4.69, 9.17) is 4.42 Å². The quantitative estimate of drug-likeness (QED) is 0.936. The average Bonchev–Trinajstić information content (AvgIpc) is 3.16. The highest BCUT2D eigenvalue weighted by molar-refractivity contribution is 5.52. The molecule has 1 N–H and O–H groups in total. The van der Waals surface area contributed by atoms with E-state index in [1.54, 1.807) is 6.26 Å². The lowest BCUT2D eigenvalue weighted by molar-refractivity contribution is 0.00105. The zero-order valence-electron chi connectivity index (χ0n) is 12.3. The molecule has 2 aromatic rings. The first kappa shape index (κ1) is 13.1. The molecule has 0 saturated carbocycles. The van der Waals surface area contributed by atoms with E-state index >= 15 is 0 Å². The first-order chi connectivity index (χ1) is 10.3. The fourth-order valence-electron chi connectivity index (χ4n) is 4.04. The Balaban J connectivity index is 1.63. The molecule has 3 aliphatic heterocycles. The van der Waals surface area contributed by atoms with Gasteiger partial charge in [0.25, 0.3) is 0 Å². The van der Waals surface area contributed by atoms with Gasteiger partial charge in [-0.2, -0.15) is 5.10 Å². The van der Waals surface area contributed by atoms with E-state index in [0.717, 1.165) is 31.0 Å². The van der Waals surface area contributed by atoms with Crippen LogP contribution in [0.4, 0.5) is 0 Å². The summed E-state index contributed by atoms with van der Waals surface area (Å²) in [6.07, 6.45) is 4.01. The number of fused-ring (bicyclic) bond motifs is 3. The van der Waals surface area contributed by atoms with Crippen molar-refractivity contribution >= 4 is 0 Å². The molecule has 0 aromatic carbocycles. The van der Waals surface area contributed by atoms with Crippen LogP contribution in [0.25, 0.3) is 11.5 Å². The smallest absolute Gasteiger partial charge is 0.154 e. The Kier molecular flexibility index (Phi) is 3.12. The number of aryl methyl sites for hydroxylation is 1. The van der Waals surface area contributed by atoms with Crippen LogP contribution in [0, 0.1) is 5.92 Å². The van der Waals surface area contributed by atoms with E-state index in [-0.39, 0.29) is 6.61 Å². The van der Waals surface area contributed by atoms with Crippen molar-refractivity contribution in [1.82, 2.24) is 14.7 Å². The van der Waals surface area contributed by atoms with E-state index in [0.29, 0.717) is 17.9 Å². The van der Waals surface area contributed by atoms with Gasteiger partial charge in [-0.3, -0.25) is 9.58 Å². The predicted molar refractivity (Wildman–Crippen MR) is 78.8 cm³/mol. The Morgan fingerprint density at radius 2 is 2.38 bits per heavy atom. The maximum Gasteiger partial charge on any atom is 0.154 e. The minimum absolute atomic E-state index is 0.284. The van der Waals surface area contributed by atoms with Crippen molar-refractivity contribution in [3.05, 3.63) is 30.2 Å². The molecule has 2 bridgehead atoms. The summed E-state index contributed by atoms with van der Waals surface area (Å²) in [4.78, 5) is 2.43. The molecule has 112 valence electrons. The van der Waals surface area contributed by atoms with Crippen LogP contribution in [0.2, 0.25) is 0 Å². The van der Waals surface area contributed by atoms with Crippen molar-refractivity contribution in [3.8, 4) is 11.5 Å². The summed E-state index contributed by atoms with van der Waals surface area (Å²) in [5.41, 5.74) is 2.19. The number of nitrogens with zero attached hydrogens (tertiary/aromatic N) is 3. The highest BCUT2D eigenvalue weighted by Crippen LogP contribution is 2.42. The van der Waals surface area contributed by atoms with Gasteiger partial charge in [0.1, 0.15) is 5.69 Å². The van der Waals surface area contributed by atoms with Crippen LogP contribution in [0.3, 0.4) is 0 Å². The van der Waals surface area contributed by atoms with Crippen molar-refractivity contribution < 1.29 is 9.52 Å². The third-order valence-electron chi connectivity index (χ3n) is 5.16. The first-order valence-corrected chi connectivity index (χ1v) is 7.69. The van der Waals surface area contributed by atoms with Crippen molar-refractivity contribution in [2.75, 3.05) is 19.7 Å². The fourth-order valence-corrected chi connectivity index (χ4v) is 4.04. The Morgan fingerprint density at radius 1 is 1.48 bits per heavy atom. The molecule has 0 spiro atoms. The van der Waals surface area contributed by atoms with Gasteiger partial charge in [-0.1, -0.05) is 0 Å². The summed E-state index contributed by atoms with van der Waals surface area (Å²) in [6, 6.07) is 6.37. The molecule has 0 aliphatic carbocycles. The summed E-state index contributed by atoms with van der Waals surface area (Å²) in [6.45, 7) is 2.44. The molecule has 21 heavy (non-hydrogen) atoms. The second-order valence-corrected chi connectivity index (χ2v) is 6.28. The van der Waals surface area contributed by atoms with E-state index in [1.165, 1.54) is 12.1 Å². The molecule has 5 nitrogen and oxygen atoms in total. The van der Waals surface area contributed by atoms with Gasteiger partial charge in [0.2, 0.25) is 0 Å². The standard InChI is InChI=1S/C16H21N3O2/c1-18-15(8-14(17-18)16-3-2-6-21-16)13-9-19-5-4-11(13)7-12(19)10-20/h2-3,6,8,11-13,20H,4-5,7,9-10H2,1H3. The Morgan fingerprint density at radius 3 is 3.05 bits per heavy atom. The highest BCUT2D eigenvalue weighted by Gasteiger charge is 2.41. The Bertz CT molecular complexity index is 620. The number of aromatic nitrogens is 2. The van der Waals surface area contributed by atoms with Gasteiger partial charge in [0.05, 0.1) is 12.9 Å². The van der Waals surface area contributed by atoms with Crippen molar-refractivity contribution in [2.24, 2.45) is 13.0 Å². The monoisotopic (exact) mass is 287 g/mol. The lowest BCUT2D eigenvalue weighted by atomic mass is 9.74. The molecule has 5 heteroatoms. The summed E-state index contributed by atoms with van der Waals surface area (Å²) in [5, 5.41) is 14.1. The van der Waals surface area contributed by atoms with Gasteiger partial charge in [-0.25, -0.2) is 0 Å². The van der Waals surface area contributed by atoms with Crippen molar-refractivity contribution in [1.29, 1.82) is 0 Å². The van der Waals surface area contributed by atoms with Crippen LogP contribution in [0.1, 0.15) is 24.5 Å². The van der Waals surface area contributed by atoms with Gasteiger partial charge in [-0.15, -0.1) is 0 Å². The molecule has 3 aliphatic rings. The van der Waals surface area contributed by atoms with Crippen molar-refractivity contribution in [2.45, 2.75) is 24.8 Å². The fraction of sp³-hybridized carbons (Fsp3) is 0.562. The van der Waals surface area contributed by atoms with Crippen molar-refractivity contribution in [3.63, 3.8) is 0 Å². The van der Waals surface area contributed by atoms with E-state index < -0.39 is 0 Å². The van der Waals surface area contributed by atoms with E-state index in [1.807, 2.05) is 23.9 Å². The predicted octanol–water partition coefficient (Wildman–Crippen LogP) is 1.85. The molecular formula is C16H21N3O2. The van der Waals surface area contributed by atoms with Crippen LogP contribution >= 0.6 is 0 Å². The lowest BCUT2D eigenvalue weighted by Gasteiger charge is -2.49. The van der Waals surface area contributed by atoms with Crippen LogP contribution in [0.5, 0.6) is 0 Å². The number of aliphatic hydroxyl groups excluding tert-OH is 1. The summed E-state index contributed by atoms with van der Waals surface area (Å²) in [7, 11) is 2.02. The topological polar surface area (TPSA) is 54.4 Å².